The largest absolute Gasteiger partial charge is 0.360 e. The predicted octanol–water partition coefficient (Wildman–Crippen LogP) is 2.19. The van der Waals surface area contributed by atoms with Crippen molar-refractivity contribution in [1.82, 2.24) is 9.97 Å². The number of nitrogens with zero attached hydrogens (tertiary/aromatic N) is 1. The predicted molar refractivity (Wildman–Crippen MR) is 50.0 cm³/mol. The van der Waals surface area contributed by atoms with Crippen molar-refractivity contribution in [3.63, 3.8) is 0 Å². The molecule has 3 nitrogen and oxygen atoms in total. The van der Waals surface area contributed by atoms with Crippen LogP contribution in [0.15, 0.2) is 24.4 Å². The van der Waals surface area contributed by atoms with Gasteiger partial charge in [0.05, 0.1) is 17.0 Å². The molecule has 0 aliphatic heterocycles. The summed E-state index contributed by atoms with van der Waals surface area (Å²) in [5.41, 5.74) is 3.57. The molecule has 0 amide bonds. The van der Waals surface area contributed by atoms with Crippen molar-refractivity contribution in [3.05, 3.63) is 35.7 Å². The Balaban J connectivity index is 2.50. The number of hydrogen-bond acceptors (Lipinski definition) is 1. The number of nitriles is 1. The van der Waals surface area contributed by atoms with Crippen molar-refractivity contribution in [2.75, 3.05) is 0 Å². The van der Waals surface area contributed by atoms with Gasteiger partial charge < -0.3 is 9.97 Å². The van der Waals surface area contributed by atoms with Crippen molar-refractivity contribution in [1.29, 1.82) is 5.26 Å². The van der Waals surface area contributed by atoms with Crippen LogP contribution in [0, 0.1) is 18.3 Å². The standard InChI is InChI=1S/C10H9N3/c1-7-8(6-11)5-10(13-7)9-3-2-4-12-9/h2-5,12-13H,1H3. The van der Waals surface area contributed by atoms with Gasteiger partial charge in [-0.2, -0.15) is 5.26 Å². The Kier molecular flexibility index (Phi) is 1.67. The molecule has 0 bridgehead atoms. The van der Waals surface area contributed by atoms with Crippen molar-refractivity contribution in [3.8, 4) is 17.5 Å². The summed E-state index contributed by atoms with van der Waals surface area (Å²) >= 11 is 0. The van der Waals surface area contributed by atoms with Gasteiger partial charge in [0.2, 0.25) is 0 Å². The van der Waals surface area contributed by atoms with Gasteiger partial charge in [-0.15, -0.1) is 0 Å². The van der Waals surface area contributed by atoms with Crippen LogP contribution >= 0.6 is 0 Å². The summed E-state index contributed by atoms with van der Waals surface area (Å²) < 4.78 is 0. The quantitative estimate of drug-likeness (QED) is 0.678. The molecule has 13 heavy (non-hydrogen) atoms. The molecule has 0 atom stereocenters. The van der Waals surface area contributed by atoms with Gasteiger partial charge in [0.15, 0.2) is 0 Å². The van der Waals surface area contributed by atoms with Gasteiger partial charge in [-0.25, -0.2) is 0 Å². The van der Waals surface area contributed by atoms with E-state index in [4.69, 9.17) is 5.26 Å². The Morgan fingerprint density at radius 3 is 2.77 bits per heavy atom. The summed E-state index contributed by atoms with van der Waals surface area (Å²) in [4.78, 5) is 6.22. The van der Waals surface area contributed by atoms with Crippen LogP contribution in [0.3, 0.4) is 0 Å². The molecular weight excluding hydrogens is 162 g/mol. The minimum atomic E-state index is 0.699. The molecule has 0 fully saturated rings. The fraction of sp³-hybridized carbons (Fsp3) is 0.100. The van der Waals surface area contributed by atoms with Gasteiger partial charge in [-0.3, -0.25) is 0 Å². The highest BCUT2D eigenvalue weighted by atomic mass is 14.8. The van der Waals surface area contributed by atoms with Gasteiger partial charge in [0.1, 0.15) is 6.07 Å². The average Bonchev–Trinajstić information content (AvgIpc) is 2.71. The number of nitrogens with one attached hydrogen (secondary N) is 2. The molecule has 2 rings (SSSR count). The maximum Gasteiger partial charge on any atom is 0.101 e. The van der Waals surface area contributed by atoms with Crippen LogP contribution in [0.2, 0.25) is 0 Å². The third kappa shape index (κ3) is 1.23. The minimum absolute atomic E-state index is 0.699. The van der Waals surface area contributed by atoms with Gasteiger partial charge in [0.25, 0.3) is 0 Å². The zero-order chi connectivity index (χ0) is 9.26. The Hall–Kier alpha value is -1.95. The summed E-state index contributed by atoms with van der Waals surface area (Å²) in [6, 6.07) is 7.87. The molecule has 0 aromatic carbocycles. The zero-order valence-corrected chi connectivity index (χ0v) is 7.26. The van der Waals surface area contributed by atoms with Crippen LogP contribution in [0.25, 0.3) is 11.4 Å². The molecule has 3 heteroatoms. The molecule has 64 valence electrons. The van der Waals surface area contributed by atoms with E-state index in [9.17, 15) is 0 Å². The Bertz CT molecular complexity index is 443. The average molecular weight is 171 g/mol. The molecule has 0 aliphatic carbocycles. The molecular formula is C10H9N3. The second kappa shape index (κ2) is 2.83. The highest BCUT2D eigenvalue weighted by Gasteiger charge is 2.05. The Labute approximate surface area is 76.0 Å². The summed E-state index contributed by atoms with van der Waals surface area (Å²) in [5, 5.41) is 8.75. The molecule has 0 aliphatic rings. The maximum atomic E-state index is 8.75. The number of hydrogen-bond donors (Lipinski definition) is 2. The summed E-state index contributed by atoms with van der Waals surface area (Å²) in [6.45, 7) is 1.89. The Morgan fingerprint density at radius 2 is 2.23 bits per heavy atom. The first-order chi connectivity index (χ1) is 6.31. The van der Waals surface area contributed by atoms with E-state index in [2.05, 4.69) is 16.0 Å². The lowest BCUT2D eigenvalue weighted by molar-refractivity contribution is 1.24. The maximum absolute atomic E-state index is 8.75. The van der Waals surface area contributed by atoms with E-state index in [1.807, 2.05) is 31.3 Å². The van der Waals surface area contributed by atoms with Gasteiger partial charge in [0, 0.05) is 11.9 Å². The van der Waals surface area contributed by atoms with Gasteiger partial charge in [-0.1, -0.05) is 0 Å². The number of aromatic amines is 2. The Morgan fingerprint density at radius 1 is 1.38 bits per heavy atom. The lowest BCUT2D eigenvalue weighted by Gasteiger charge is -1.90. The number of aryl methyl sites for hydroxylation is 1. The fourth-order valence-corrected chi connectivity index (χ4v) is 1.32. The number of aromatic nitrogens is 2. The molecule has 0 spiro atoms. The molecule has 0 radical (unpaired) electrons. The van der Waals surface area contributed by atoms with E-state index in [0.29, 0.717) is 5.56 Å². The molecule has 2 N–H and O–H groups in total. The second-order valence-corrected chi connectivity index (χ2v) is 2.92. The third-order valence-electron chi connectivity index (χ3n) is 2.02. The number of rotatable bonds is 1. The van der Waals surface area contributed by atoms with Crippen molar-refractivity contribution in [2.45, 2.75) is 6.92 Å². The normalized spacial score (nSPS) is 9.85. The first-order valence-corrected chi connectivity index (χ1v) is 4.04. The minimum Gasteiger partial charge on any atom is -0.360 e. The first-order valence-electron chi connectivity index (χ1n) is 4.04. The molecule has 2 heterocycles. The van der Waals surface area contributed by atoms with E-state index in [1.54, 1.807) is 0 Å². The third-order valence-corrected chi connectivity index (χ3v) is 2.02. The number of H-pyrrole nitrogens is 2. The summed E-state index contributed by atoms with van der Waals surface area (Å²) in [7, 11) is 0. The van der Waals surface area contributed by atoms with Crippen LogP contribution in [0.5, 0.6) is 0 Å². The summed E-state index contributed by atoms with van der Waals surface area (Å²) in [6.07, 6.45) is 1.86. The van der Waals surface area contributed by atoms with E-state index in [-0.39, 0.29) is 0 Å². The van der Waals surface area contributed by atoms with Crippen molar-refractivity contribution >= 4 is 0 Å². The highest BCUT2D eigenvalue weighted by Crippen LogP contribution is 2.18. The smallest absolute Gasteiger partial charge is 0.101 e. The summed E-state index contributed by atoms with van der Waals surface area (Å²) in [5.74, 6) is 0. The highest BCUT2D eigenvalue weighted by molar-refractivity contribution is 5.59. The monoisotopic (exact) mass is 171 g/mol. The molecule has 2 aromatic rings. The molecule has 0 saturated carbocycles. The van der Waals surface area contributed by atoms with Crippen LogP contribution in [-0.4, -0.2) is 9.97 Å². The lowest BCUT2D eigenvalue weighted by Crippen LogP contribution is -1.76. The van der Waals surface area contributed by atoms with Crippen LogP contribution in [-0.2, 0) is 0 Å². The first kappa shape index (κ1) is 7.69. The topological polar surface area (TPSA) is 55.4 Å². The van der Waals surface area contributed by atoms with Crippen LogP contribution < -0.4 is 0 Å². The molecule has 2 aromatic heterocycles. The molecule has 0 saturated heterocycles. The molecule has 0 unspecified atom stereocenters. The van der Waals surface area contributed by atoms with E-state index in [1.165, 1.54) is 0 Å². The fourth-order valence-electron chi connectivity index (χ4n) is 1.32. The lowest BCUT2D eigenvalue weighted by atomic mass is 10.2. The van der Waals surface area contributed by atoms with Gasteiger partial charge >= 0.3 is 0 Å². The van der Waals surface area contributed by atoms with Crippen LogP contribution in [0.4, 0.5) is 0 Å². The van der Waals surface area contributed by atoms with Gasteiger partial charge in [-0.05, 0) is 25.1 Å². The van der Waals surface area contributed by atoms with Crippen molar-refractivity contribution in [2.24, 2.45) is 0 Å². The van der Waals surface area contributed by atoms with E-state index in [0.717, 1.165) is 17.1 Å². The van der Waals surface area contributed by atoms with Crippen LogP contribution in [0.1, 0.15) is 11.3 Å². The van der Waals surface area contributed by atoms with E-state index >= 15 is 0 Å². The zero-order valence-electron chi connectivity index (χ0n) is 7.26. The SMILES string of the molecule is Cc1[nH]c(-c2ccc[nH]2)cc1C#N. The van der Waals surface area contributed by atoms with E-state index < -0.39 is 0 Å². The second-order valence-electron chi connectivity index (χ2n) is 2.92. The van der Waals surface area contributed by atoms with Crippen molar-refractivity contribution < 1.29 is 0 Å².